The molecule has 2 aromatic rings. The van der Waals surface area contributed by atoms with Gasteiger partial charge in [0.05, 0.1) is 10.2 Å². The van der Waals surface area contributed by atoms with Gasteiger partial charge in [-0.25, -0.2) is 4.98 Å². The lowest BCUT2D eigenvalue weighted by molar-refractivity contribution is 0.188. The average Bonchev–Trinajstić information content (AvgIpc) is 3.03. The molecule has 2 saturated heterocycles. The van der Waals surface area contributed by atoms with Crippen LogP contribution >= 0.6 is 22.9 Å². The van der Waals surface area contributed by atoms with E-state index in [0.29, 0.717) is 6.04 Å². The normalized spacial score (nSPS) is 26.9. The van der Waals surface area contributed by atoms with Gasteiger partial charge in [-0.3, -0.25) is 0 Å². The molecule has 2 atom stereocenters. The lowest BCUT2D eigenvalue weighted by Crippen LogP contribution is -2.42. The van der Waals surface area contributed by atoms with Gasteiger partial charge in [-0.2, -0.15) is 0 Å². The van der Waals surface area contributed by atoms with Gasteiger partial charge in [0.25, 0.3) is 0 Å². The van der Waals surface area contributed by atoms with Crippen LogP contribution in [0.25, 0.3) is 10.2 Å². The Morgan fingerprint density at radius 1 is 1.30 bits per heavy atom. The highest BCUT2D eigenvalue weighted by Crippen LogP contribution is 2.32. The van der Waals surface area contributed by atoms with Crippen LogP contribution in [0, 0.1) is 0 Å². The van der Waals surface area contributed by atoms with Gasteiger partial charge in [0, 0.05) is 23.7 Å². The summed E-state index contributed by atoms with van der Waals surface area (Å²) in [5.41, 5.74) is 1.00. The van der Waals surface area contributed by atoms with Crippen LogP contribution in [0.1, 0.15) is 25.7 Å². The fourth-order valence-electron chi connectivity index (χ4n) is 3.49. The Kier molecular flexibility index (Phi) is 3.33. The minimum atomic E-state index is 0.574. The van der Waals surface area contributed by atoms with Gasteiger partial charge in [-0.15, -0.1) is 0 Å². The molecular weight excluding hydrogens is 290 g/mol. The predicted molar refractivity (Wildman–Crippen MR) is 85.9 cm³/mol. The number of rotatable bonds is 2. The molecule has 106 valence electrons. The molecule has 0 amide bonds. The summed E-state index contributed by atoms with van der Waals surface area (Å²) < 4.78 is 1.20. The molecule has 3 heterocycles. The molecule has 2 aliphatic heterocycles. The molecule has 4 rings (SSSR count). The maximum atomic E-state index is 6.02. The second kappa shape index (κ2) is 5.17. The van der Waals surface area contributed by atoms with E-state index >= 15 is 0 Å². The largest absolute Gasteiger partial charge is 0.359 e. The minimum Gasteiger partial charge on any atom is -0.359 e. The molecule has 2 unspecified atom stereocenters. The summed E-state index contributed by atoms with van der Waals surface area (Å²) in [5.74, 6) is 0. The summed E-state index contributed by atoms with van der Waals surface area (Å²) in [6, 6.07) is 7.30. The van der Waals surface area contributed by atoms with Gasteiger partial charge in [0.1, 0.15) is 0 Å². The number of fused-ring (bicyclic) bond motifs is 2. The highest BCUT2D eigenvalue weighted by Gasteiger charge is 2.31. The van der Waals surface area contributed by atoms with E-state index in [0.717, 1.165) is 21.7 Å². The zero-order valence-electron chi connectivity index (χ0n) is 11.3. The Morgan fingerprint density at radius 3 is 3.20 bits per heavy atom. The van der Waals surface area contributed by atoms with E-state index in [1.54, 1.807) is 11.3 Å². The monoisotopic (exact) mass is 307 g/mol. The number of hydrogen-bond acceptors (Lipinski definition) is 4. The van der Waals surface area contributed by atoms with E-state index in [2.05, 4.69) is 21.3 Å². The first-order valence-corrected chi connectivity index (χ1v) is 8.54. The molecule has 0 spiro atoms. The van der Waals surface area contributed by atoms with Crippen LogP contribution < -0.4 is 5.32 Å². The molecule has 0 radical (unpaired) electrons. The number of anilines is 1. The van der Waals surface area contributed by atoms with E-state index in [9.17, 15) is 0 Å². The van der Waals surface area contributed by atoms with Crippen molar-refractivity contribution in [1.29, 1.82) is 0 Å². The van der Waals surface area contributed by atoms with E-state index < -0.39 is 0 Å². The van der Waals surface area contributed by atoms with Crippen LogP contribution in [0.4, 0.5) is 5.13 Å². The zero-order valence-corrected chi connectivity index (χ0v) is 12.9. The van der Waals surface area contributed by atoms with E-state index in [4.69, 9.17) is 11.6 Å². The number of thiazole rings is 1. The lowest BCUT2D eigenvalue weighted by atomic mass is 9.98. The zero-order chi connectivity index (χ0) is 13.5. The summed E-state index contributed by atoms with van der Waals surface area (Å²) in [7, 11) is 0. The molecule has 1 aromatic carbocycles. The standard InChI is InChI=1S/C15H18ClN3S/c16-10-3-4-14-13(8-10)18-15(20-14)17-11-5-7-19-6-1-2-12(19)9-11/h3-4,8,11-12H,1-2,5-7,9H2,(H,17,18). The third-order valence-electron chi connectivity index (χ3n) is 4.50. The van der Waals surface area contributed by atoms with Crippen molar-refractivity contribution in [3.8, 4) is 0 Å². The van der Waals surface area contributed by atoms with Crippen molar-refractivity contribution >= 4 is 38.3 Å². The lowest BCUT2D eigenvalue weighted by Gasteiger charge is -2.35. The third kappa shape index (κ3) is 2.41. The summed E-state index contributed by atoms with van der Waals surface area (Å²) in [5, 5.41) is 5.44. The van der Waals surface area contributed by atoms with Crippen LogP contribution in [-0.4, -0.2) is 35.1 Å². The summed E-state index contributed by atoms with van der Waals surface area (Å²) in [4.78, 5) is 7.31. The molecule has 2 fully saturated rings. The maximum absolute atomic E-state index is 6.02. The van der Waals surface area contributed by atoms with Crippen molar-refractivity contribution < 1.29 is 0 Å². The minimum absolute atomic E-state index is 0.574. The van der Waals surface area contributed by atoms with Crippen LogP contribution in [0.15, 0.2) is 18.2 Å². The number of nitrogens with one attached hydrogen (secondary N) is 1. The van der Waals surface area contributed by atoms with E-state index in [-0.39, 0.29) is 0 Å². The summed E-state index contributed by atoms with van der Waals surface area (Å²) in [6.45, 7) is 2.54. The fourth-order valence-corrected chi connectivity index (χ4v) is 4.58. The first kappa shape index (κ1) is 12.9. The van der Waals surface area contributed by atoms with Crippen molar-refractivity contribution in [1.82, 2.24) is 9.88 Å². The van der Waals surface area contributed by atoms with Crippen molar-refractivity contribution in [3.05, 3.63) is 23.2 Å². The molecule has 5 heteroatoms. The second-order valence-corrected chi connectivity index (χ2v) is 7.30. The quantitative estimate of drug-likeness (QED) is 0.909. The van der Waals surface area contributed by atoms with Crippen molar-refractivity contribution in [2.45, 2.75) is 37.8 Å². The van der Waals surface area contributed by atoms with Gasteiger partial charge in [-0.1, -0.05) is 22.9 Å². The summed E-state index contributed by atoms with van der Waals surface area (Å²) >= 11 is 7.75. The van der Waals surface area contributed by atoms with Crippen LogP contribution in [0.2, 0.25) is 5.02 Å². The molecular formula is C15H18ClN3S. The van der Waals surface area contributed by atoms with E-state index in [1.165, 1.54) is 43.5 Å². The number of hydrogen-bond donors (Lipinski definition) is 1. The molecule has 1 N–H and O–H groups in total. The predicted octanol–water partition coefficient (Wildman–Crippen LogP) is 3.99. The number of halogens is 1. The number of benzene rings is 1. The number of nitrogens with zero attached hydrogens (tertiary/aromatic N) is 2. The third-order valence-corrected chi connectivity index (χ3v) is 5.70. The highest BCUT2D eigenvalue weighted by atomic mass is 35.5. The van der Waals surface area contributed by atoms with Crippen molar-refractivity contribution in [2.24, 2.45) is 0 Å². The molecule has 20 heavy (non-hydrogen) atoms. The number of piperidine rings is 1. The Balaban J connectivity index is 1.49. The molecule has 3 nitrogen and oxygen atoms in total. The molecule has 0 aliphatic carbocycles. The smallest absolute Gasteiger partial charge is 0.184 e. The van der Waals surface area contributed by atoms with Gasteiger partial charge >= 0.3 is 0 Å². The first-order valence-electron chi connectivity index (χ1n) is 7.34. The number of aromatic nitrogens is 1. The average molecular weight is 308 g/mol. The first-order chi connectivity index (χ1) is 9.78. The topological polar surface area (TPSA) is 28.2 Å². The Bertz CT molecular complexity index is 627. The van der Waals surface area contributed by atoms with Crippen LogP contribution in [0.3, 0.4) is 0 Å². The Labute approximate surface area is 127 Å². The highest BCUT2D eigenvalue weighted by molar-refractivity contribution is 7.22. The van der Waals surface area contributed by atoms with Crippen LogP contribution in [-0.2, 0) is 0 Å². The second-order valence-electron chi connectivity index (χ2n) is 5.83. The Morgan fingerprint density at radius 2 is 2.25 bits per heavy atom. The van der Waals surface area contributed by atoms with E-state index in [1.807, 2.05) is 12.1 Å². The van der Waals surface area contributed by atoms with Crippen molar-refractivity contribution in [3.63, 3.8) is 0 Å². The SMILES string of the molecule is Clc1ccc2sc(NC3CCN4CCCC4C3)nc2c1. The molecule has 2 aliphatic rings. The van der Waals surface area contributed by atoms with Gasteiger partial charge in [-0.05, 0) is 50.4 Å². The van der Waals surface area contributed by atoms with Gasteiger partial charge in [0.15, 0.2) is 5.13 Å². The fraction of sp³-hybridized carbons (Fsp3) is 0.533. The van der Waals surface area contributed by atoms with Crippen LogP contribution in [0.5, 0.6) is 0 Å². The van der Waals surface area contributed by atoms with Gasteiger partial charge in [0.2, 0.25) is 0 Å². The van der Waals surface area contributed by atoms with Crippen molar-refractivity contribution in [2.75, 3.05) is 18.4 Å². The maximum Gasteiger partial charge on any atom is 0.184 e. The van der Waals surface area contributed by atoms with Gasteiger partial charge < -0.3 is 10.2 Å². The Hall–Kier alpha value is -0.840. The molecule has 0 saturated carbocycles. The molecule has 1 aromatic heterocycles. The summed E-state index contributed by atoms with van der Waals surface area (Å²) in [6.07, 6.45) is 5.23. The molecule has 0 bridgehead atoms.